The van der Waals surface area contributed by atoms with Crippen LogP contribution in [0.15, 0.2) is 41.3 Å². The molecule has 0 saturated heterocycles. The van der Waals surface area contributed by atoms with E-state index < -0.39 is 10.8 Å². The zero-order valence-electron chi connectivity index (χ0n) is 10.9. The number of halogens is 1. The van der Waals surface area contributed by atoms with E-state index in [1.54, 1.807) is 12.1 Å². The van der Waals surface area contributed by atoms with Crippen LogP contribution in [0.4, 0.5) is 5.69 Å². The summed E-state index contributed by atoms with van der Waals surface area (Å²) >= 11 is 5.85. The number of benzene rings is 2. The van der Waals surface area contributed by atoms with Crippen LogP contribution in [-0.2, 0) is 16.6 Å². The second kappa shape index (κ2) is 5.76. The van der Waals surface area contributed by atoms with Crippen molar-refractivity contribution in [1.82, 2.24) is 0 Å². The monoisotopic (exact) mass is 293 g/mol. The van der Waals surface area contributed by atoms with Crippen molar-refractivity contribution in [3.63, 3.8) is 0 Å². The van der Waals surface area contributed by atoms with Gasteiger partial charge < -0.3 is 5.73 Å². The topological polar surface area (TPSA) is 43.1 Å². The summed E-state index contributed by atoms with van der Waals surface area (Å²) in [6, 6.07) is 11.2. The van der Waals surface area contributed by atoms with Gasteiger partial charge in [0.05, 0.1) is 16.6 Å². The Kier molecular flexibility index (Phi) is 4.27. The quantitative estimate of drug-likeness (QED) is 0.874. The first-order chi connectivity index (χ1) is 8.97. The van der Waals surface area contributed by atoms with Crippen molar-refractivity contribution in [2.24, 2.45) is 0 Å². The molecule has 100 valence electrons. The normalized spacial score (nSPS) is 12.4. The van der Waals surface area contributed by atoms with Crippen LogP contribution in [0.5, 0.6) is 0 Å². The second-order valence-electron chi connectivity index (χ2n) is 4.58. The highest BCUT2D eigenvalue weighted by Gasteiger charge is 2.09. The maximum absolute atomic E-state index is 12.3. The lowest BCUT2D eigenvalue weighted by Gasteiger charge is -2.08. The number of anilines is 1. The summed E-state index contributed by atoms with van der Waals surface area (Å²) < 4.78 is 12.3. The predicted molar refractivity (Wildman–Crippen MR) is 81.9 cm³/mol. The van der Waals surface area contributed by atoms with Crippen LogP contribution >= 0.6 is 11.6 Å². The third-order valence-electron chi connectivity index (χ3n) is 3.14. The molecule has 0 bridgehead atoms. The van der Waals surface area contributed by atoms with Gasteiger partial charge in [-0.2, -0.15) is 0 Å². The van der Waals surface area contributed by atoms with Crippen LogP contribution in [0.1, 0.15) is 16.7 Å². The third-order valence-corrected chi connectivity index (χ3v) is 4.72. The number of hydrogen-bond donors (Lipinski definition) is 1. The average Bonchev–Trinajstić information content (AvgIpc) is 2.36. The Bertz CT molecular complexity index is 640. The SMILES string of the molecule is Cc1ccc(S(=O)Cc2ccc(Cl)cc2N)cc1C. The maximum Gasteiger partial charge on any atom is 0.0575 e. The summed E-state index contributed by atoms with van der Waals surface area (Å²) in [5.74, 6) is 0.408. The van der Waals surface area contributed by atoms with Crippen molar-refractivity contribution >= 4 is 28.1 Å². The fourth-order valence-corrected chi connectivity index (χ4v) is 3.20. The minimum Gasteiger partial charge on any atom is -0.398 e. The van der Waals surface area contributed by atoms with Gasteiger partial charge in [-0.25, -0.2) is 0 Å². The Balaban J connectivity index is 2.23. The Hall–Kier alpha value is -1.32. The molecule has 2 nitrogen and oxygen atoms in total. The highest BCUT2D eigenvalue weighted by atomic mass is 35.5. The molecular weight excluding hydrogens is 278 g/mol. The van der Waals surface area contributed by atoms with Gasteiger partial charge in [0.25, 0.3) is 0 Å². The summed E-state index contributed by atoms with van der Waals surface area (Å²) in [6.45, 7) is 4.06. The Morgan fingerprint density at radius 1 is 1.11 bits per heavy atom. The fourth-order valence-electron chi connectivity index (χ4n) is 1.78. The van der Waals surface area contributed by atoms with E-state index in [1.165, 1.54) is 5.56 Å². The highest BCUT2D eigenvalue weighted by molar-refractivity contribution is 7.84. The largest absolute Gasteiger partial charge is 0.398 e. The van der Waals surface area contributed by atoms with E-state index in [0.717, 1.165) is 16.0 Å². The molecule has 2 N–H and O–H groups in total. The number of rotatable bonds is 3. The molecule has 0 radical (unpaired) electrons. The van der Waals surface area contributed by atoms with Gasteiger partial charge in [-0.15, -0.1) is 0 Å². The molecule has 0 fully saturated rings. The first kappa shape index (κ1) is 14.1. The van der Waals surface area contributed by atoms with E-state index >= 15 is 0 Å². The van der Waals surface area contributed by atoms with Gasteiger partial charge in [-0.05, 0) is 54.8 Å². The van der Waals surface area contributed by atoms with Gasteiger partial charge in [-0.3, -0.25) is 4.21 Å². The molecule has 2 aromatic carbocycles. The van der Waals surface area contributed by atoms with Gasteiger partial charge in [0.15, 0.2) is 0 Å². The van der Waals surface area contributed by atoms with Crippen LogP contribution in [-0.4, -0.2) is 4.21 Å². The number of nitrogen functional groups attached to an aromatic ring is 1. The zero-order chi connectivity index (χ0) is 14.0. The molecule has 2 rings (SSSR count). The minimum atomic E-state index is -1.09. The van der Waals surface area contributed by atoms with Crippen molar-refractivity contribution in [2.45, 2.75) is 24.5 Å². The minimum absolute atomic E-state index is 0.408. The summed E-state index contributed by atoms with van der Waals surface area (Å²) in [4.78, 5) is 0.831. The van der Waals surface area contributed by atoms with Gasteiger partial charge in [0.1, 0.15) is 0 Å². The number of nitrogens with two attached hydrogens (primary N) is 1. The summed E-state index contributed by atoms with van der Waals surface area (Å²) in [7, 11) is -1.09. The van der Waals surface area contributed by atoms with Crippen molar-refractivity contribution in [2.75, 3.05) is 5.73 Å². The van der Waals surface area contributed by atoms with Gasteiger partial charge in [0.2, 0.25) is 0 Å². The summed E-state index contributed by atoms with van der Waals surface area (Å²) in [5.41, 5.74) is 9.68. The Morgan fingerprint density at radius 2 is 1.84 bits per heavy atom. The molecule has 0 saturated carbocycles. The van der Waals surface area contributed by atoms with Crippen molar-refractivity contribution < 1.29 is 4.21 Å². The smallest absolute Gasteiger partial charge is 0.0575 e. The van der Waals surface area contributed by atoms with Gasteiger partial charge in [0, 0.05) is 15.6 Å². The van der Waals surface area contributed by atoms with E-state index in [4.69, 9.17) is 17.3 Å². The molecule has 0 spiro atoms. The predicted octanol–water partition coefficient (Wildman–Crippen LogP) is 3.85. The summed E-state index contributed by atoms with van der Waals surface area (Å²) in [6.07, 6.45) is 0. The van der Waals surface area contributed by atoms with Gasteiger partial charge in [-0.1, -0.05) is 23.7 Å². The zero-order valence-corrected chi connectivity index (χ0v) is 12.5. The van der Waals surface area contributed by atoms with E-state index in [-0.39, 0.29) is 0 Å². The third kappa shape index (κ3) is 3.37. The Labute approximate surface area is 121 Å². The highest BCUT2D eigenvalue weighted by Crippen LogP contribution is 2.22. The van der Waals surface area contributed by atoms with Crippen LogP contribution < -0.4 is 5.73 Å². The second-order valence-corrected chi connectivity index (χ2v) is 6.47. The first-order valence-electron chi connectivity index (χ1n) is 5.97. The lowest BCUT2D eigenvalue weighted by molar-refractivity contribution is 0.682. The molecule has 1 atom stereocenters. The number of aryl methyl sites for hydroxylation is 2. The van der Waals surface area contributed by atoms with Crippen molar-refractivity contribution in [1.29, 1.82) is 0 Å². The van der Waals surface area contributed by atoms with Crippen LogP contribution in [0.2, 0.25) is 5.02 Å². The molecule has 1 unspecified atom stereocenters. The average molecular weight is 294 g/mol. The molecule has 0 heterocycles. The van der Waals surface area contributed by atoms with Crippen molar-refractivity contribution in [3.05, 3.63) is 58.1 Å². The first-order valence-corrected chi connectivity index (χ1v) is 7.66. The molecule has 0 amide bonds. The van der Waals surface area contributed by atoms with Crippen LogP contribution in [0.3, 0.4) is 0 Å². The molecule has 0 aliphatic rings. The summed E-state index contributed by atoms with van der Waals surface area (Å²) in [5, 5.41) is 0.596. The Morgan fingerprint density at radius 3 is 2.47 bits per heavy atom. The molecule has 0 aliphatic carbocycles. The van der Waals surface area contributed by atoms with E-state index in [2.05, 4.69) is 0 Å². The molecule has 19 heavy (non-hydrogen) atoms. The lowest BCUT2D eigenvalue weighted by atomic mass is 10.1. The number of hydrogen-bond acceptors (Lipinski definition) is 2. The van der Waals surface area contributed by atoms with Crippen LogP contribution in [0.25, 0.3) is 0 Å². The van der Waals surface area contributed by atoms with Gasteiger partial charge >= 0.3 is 0 Å². The molecule has 0 aromatic heterocycles. The van der Waals surface area contributed by atoms with Crippen LogP contribution in [0, 0.1) is 13.8 Å². The van der Waals surface area contributed by atoms with Crippen molar-refractivity contribution in [3.8, 4) is 0 Å². The van der Waals surface area contributed by atoms with E-state index in [1.807, 2.05) is 38.1 Å². The fraction of sp³-hybridized carbons (Fsp3) is 0.200. The molecule has 2 aromatic rings. The molecule has 0 aliphatic heterocycles. The lowest BCUT2D eigenvalue weighted by Crippen LogP contribution is -2.01. The van der Waals surface area contributed by atoms with E-state index in [9.17, 15) is 4.21 Å². The molecular formula is C15H16ClNOS. The van der Waals surface area contributed by atoms with E-state index in [0.29, 0.717) is 16.5 Å². The standard InChI is InChI=1S/C15H16ClNOS/c1-10-3-6-14(7-11(10)2)19(18)9-12-4-5-13(16)8-15(12)17/h3-8H,9,17H2,1-2H3. The maximum atomic E-state index is 12.3. The molecule has 4 heteroatoms.